The summed E-state index contributed by atoms with van der Waals surface area (Å²) in [4.78, 5) is 13.9. The van der Waals surface area contributed by atoms with Crippen molar-refractivity contribution in [3.63, 3.8) is 0 Å². The van der Waals surface area contributed by atoms with Crippen LogP contribution in [0, 0.1) is 0 Å². The average molecular weight is 233 g/mol. The number of aromatic nitrogens is 2. The fourth-order valence-corrected chi connectivity index (χ4v) is 0.721. The molecule has 4 nitrogen and oxygen atoms in total. The van der Waals surface area contributed by atoms with Gasteiger partial charge in [-0.3, -0.25) is 9.78 Å². The van der Waals surface area contributed by atoms with Crippen LogP contribution in [0.15, 0.2) is 24.8 Å². The van der Waals surface area contributed by atoms with Crippen molar-refractivity contribution in [1.82, 2.24) is 4.98 Å². The summed E-state index contributed by atoms with van der Waals surface area (Å²) in [6.45, 7) is 0.498. The molecule has 1 aromatic rings. The van der Waals surface area contributed by atoms with Crippen LogP contribution >= 0.6 is 0 Å². The molecule has 0 fully saturated rings. The van der Waals surface area contributed by atoms with Gasteiger partial charge in [-0.2, -0.15) is 0 Å². The highest BCUT2D eigenvalue weighted by molar-refractivity contribution is 5.66. The highest BCUT2D eigenvalue weighted by atomic mass is 79.9. The minimum atomic E-state index is -0.783. The van der Waals surface area contributed by atoms with Crippen LogP contribution in [-0.4, -0.2) is 16.1 Å². The normalized spacial score (nSPS) is 8.67. The molecule has 0 aliphatic carbocycles. The number of carbonyl (C=O) groups is 1. The number of hydrogen-bond acceptors (Lipinski definition) is 2. The van der Waals surface area contributed by atoms with Crippen LogP contribution in [0.3, 0.4) is 0 Å². The Bertz CT molecular complexity index is 240. The van der Waals surface area contributed by atoms with Crippen LogP contribution in [0.4, 0.5) is 0 Å². The molecular weight excluding hydrogens is 224 g/mol. The van der Waals surface area contributed by atoms with Gasteiger partial charge in [0.2, 0.25) is 0 Å². The van der Waals surface area contributed by atoms with E-state index in [4.69, 9.17) is 5.11 Å². The largest absolute Gasteiger partial charge is 1.00 e. The molecule has 0 atom stereocenters. The van der Waals surface area contributed by atoms with Crippen molar-refractivity contribution in [1.29, 1.82) is 0 Å². The Morgan fingerprint density at radius 3 is 2.50 bits per heavy atom. The zero-order chi connectivity index (χ0) is 8.10. The lowest BCUT2D eigenvalue weighted by Gasteiger charge is -1.90. The fraction of sp³-hybridized carbons (Fsp3) is 0.286. The van der Waals surface area contributed by atoms with Crippen LogP contribution < -0.4 is 21.5 Å². The van der Waals surface area contributed by atoms with E-state index in [-0.39, 0.29) is 23.4 Å². The number of rotatable bonds is 3. The Morgan fingerprint density at radius 1 is 1.42 bits per heavy atom. The lowest BCUT2D eigenvalue weighted by atomic mass is 10.4. The predicted molar refractivity (Wildman–Crippen MR) is 36.7 cm³/mol. The van der Waals surface area contributed by atoms with Crippen molar-refractivity contribution in [2.45, 2.75) is 13.0 Å². The first-order chi connectivity index (χ1) is 5.29. The summed E-state index contributed by atoms with van der Waals surface area (Å²) in [6.07, 6.45) is 6.88. The third-order valence-electron chi connectivity index (χ3n) is 1.27. The molecule has 0 aromatic carbocycles. The minimum absolute atomic E-state index is 0. The molecular formula is C7H9BrN2O2. The molecule has 66 valence electrons. The Morgan fingerprint density at radius 2 is 2.00 bits per heavy atom. The number of carboxylic acid groups (broad SMARTS) is 1. The van der Waals surface area contributed by atoms with Gasteiger partial charge in [-0.05, 0) is 0 Å². The Balaban J connectivity index is 0.00000121. The molecule has 1 N–H and O–H groups in total. The number of nitrogens with zero attached hydrogens (tertiary/aromatic N) is 2. The highest BCUT2D eigenvalue weighted by Crippen LogP contribution is 1.78. The number of aliphatic carboxylic acids is 1. The molecule has 0 bridgehead atoms. The second kappa shape index (κ2) is 5.65. The number of hydrogen-bond donors (Lipinski definition) is 1. The van der Waals surface area contributed by atoms with Crippen molar-refractivity contribution in [3.8, 4) is 0 Å². The van der Waals surface area contributed by atoms with Crippen LogP contribution in [0.1, 0.15) is 6.42 Å². The maximum atomic E-state index is 10.1. The quantitative estimate of drug-likeness (QED) is 0.561. The SMILES string of the molecule is O=C(O)CC[n+]1ccncc1.[Br-]. The first-order valence-corrected chi connectivity index (χ1v) is 3.30. The number of halogens is 1. The summed E-state index contributed by atoms with van der Waals surface area (Å²) in [6, 6.07) is 0. The van der Waals surface area contributed by atoms with Gasteiger partial charge >= 0.3 is 5.97 Å². The van der Waals surface area contributed by atoms with Crippen molar-refractivity contribution < 1.29 is 31.4 Å². The van der Waals surface area contributed by atoms with E-state index in [0.29, 0.717) is 6.54 Å². The van der Waals surface area contributed by atoms with Gasteiger partial charge in [0.1, 0.15) is 6.42 Å². The monoisotopic (exact) mass is 232 g/mol. The first kappa shape index (κ1) is 11.0. The highest BCUT2D eigenvalue weighted by Gasteiger charge is 2.02. The third-order valence-corrected chi connectivity index (χ3v) is 1.27. The van der Waals surface area contributed by atoms with Crippen LogP contribution in [0.5, 0.6) is 0 Å². The van der Waals surface area contributed by atoms with E-state index in [1.54, 1.807) is 29.4 Å². The van der Waals surface area contributed by atoms with Gasteiger partial charge in [0.15, 0.2) is 18.9 Å². The second-order valence-electron chi connectivity index (χ2n) is 2.13. The van der Waals surface area contributed by atoms with Gasteiger partial charge in [0.25, 0.3) is 0 Å². The lowest BCUT2D eigenvalue weighted by Crippen LogP contribution is -3.00. The average Bonchev–Trinajstić information content (AvgIpc) is 2.03. The van der Waals surface area contributed by atoms with Gasteiger partial charge in [-0.15, -0.1) is 0 Å². The van der Waals surface area contributed by atoms with E-state index in [2.05, 4.69) is 4.98 Å². The smallest absolute Gasteiger partial charge is 0.309 e. The van der Waals surface area contributed by atoms with E-state index in [1.165, 1.54) is 0 Å². The molecule has 12 heavy (non-hydrogen) atoms. The third kappa shape index (κ3) is 4.02. The molecule has 0 aliphatic rings. The van der Waals surface area contributed by atoms with Crippen molar-refractivity contribution in [2.24, 2.45) is 0 Å². The summed E-state index contributed by atoms with van der Waals surface area (Å²) >= 11 is 0. The standard InChI is InChI=1S/C7H8N2O2.BrH/c10-7(11)1-4-9-5-2-8-3-6-9;/h2-3,5-6H,1,4H2;1H. The second-order valence-corrected chi connectivity index (χ2v) is 2.13. The van der Waals surface area contributed by atoms with E-state index in [1.807, 2.05) is 0 Å². The molecule has 0 unspecified atom stereocenters. The van der Waals surface area contributed by atoms with Gasteiger partial charge in [0, 0.05) is 0 Å². The minimum Gasteiger partial charge on any atom is -1.00 e. The van der Waals surface area contributed by atoms with E-state index in [0.717, 1.165) is 0 Å². The molecule has 1 rings (SSSR count). The van der Waals surface area contributed by atoms with Crippen molar-refractivity contribution >= 4 is 5.97 Å². The molecule has 0 aliphatic heterocycles. The fourth-order valence-electron chi connectivity index (χ4n) is 0.721. The molecule has 0 amide bonds. The van der Waals surface area contributed by atoms with E-state index >= 15 is 0 Å². The van der Waals surface area contributed by atoms with E-state index < -0.39 is 5.97 Å². The maximum Gasteiger partial charge on any atom is 0.309 e. The van der Waals surface area contributed by atoms with E-state index in [9.17, 15) is 4.79 Å². The van der Waals surface area contributed by atoms with Gasteiger partial charge in [-0.25, -0.2) is 4.57 Å². The van der Waals surface area contributed by atoms with Crippen LogP contribution in [0.25, 0.3) is 0 Å². The van der Waals surface area contributed by atoms with Crippen molar-refractivity contribution in [2.75, 3.05) is 0 Å². The summed E-state index contributed by atoms with van der Waals surface area (Å²) in [7, 11) is 0. The molecule has 1 aromatic heterocycles. The van der Waals surface area contributed by atoms with Gasteiger partial charge < -0.3 is 22.1 Å². The summed E-state index contributed by atoms with van der Waals surface area (Å²) in [5.74, 6) is -0.783. The van der Waals surface area contributed by atoms with Gasteiger partial charge in [0.05, 0.1) is 12.4 Å². The predicted octanol–water partition coefficient (Wildman–Crippen LogP) is -3.15. The van der Waals surface area contributed by atoms with Gasteiger partial charge in [-0.1, -0.05) is 0 Å². The molecule has 0 radical (unpaired) electrons. The Hall–Kier alpha value is -0.970. The topological polar surface area (TPSA) is 54.1 Å². The van der Waals surface area contributed by atoms with Crippen LogP contribution in [-0.2, 0) is 11.3 Å². The maximum absolute atomic E-state index is 10.1. The Kier molecular flexibility index (Phi) is 5.19. The zero-order valence-electron chi connectivity index (χ0n) is 6.35. The molecule has 5 heteroatoms. The summed E-state index contributed by atoms with van der Waals surface area (Å²) in [5, 5.41) is 8.35. The zero-order valence-corrected chi connectivity index (χ0v) is 7.94. The lowest BCUT2D eigenvalue weighted by molar-refractivity contribution is -0.696. The molecule has 0 saturated carbocycles. The summed E-state index contributed by atoms with van der Waals surface area (Å²) in [5.41, 5.74) is 0. The summed E-state index contributed by atoms with van der Waals surface area (Å²) < 4.78 is 1.78. The van der Waals surface area contributed by atoms with Crippen LogP contribution in [0.2, 0.25) is 0 Å². The molecule has 1 heterocycles. The number of aryl methyl sites for hydroxylation is 1. The first-order valence-electron chi connectivity index (χ1n) is 3.30. The number of carboxylic acids is 1. The Labute approximate surface area is 80.6 Å². The van der Waals surface area contributed by atoms with Crippen molar-refractivity contribution in [3.05, 3.63) is 24.8 Å². The molecule has 0 spiro atoms. The molecule has 0 saturated heterocycles.